The number of likely N-dealkylation sites (N-methyl/N-ethyl adjacent to an activating group) is 1. The summed E-state index contributed by atoms with van der Waals surface area (Å²) < 4.78 is 10.9. The second kappa shape index (κ2) is 7.61. The van der Waals surface area contributed by atoms with Crippen LogP contribution in [0, 0.1) is 0 Å². The third-order valence-electron chi connectivity index (χ3n) is 4.86. The topological polar surface area (TPSA) is 91.3 Å². The van der Waals surface area contributed by atoms with Crippen molar-refractivity contribution in [3.8, 4) is 5.75 Å². The first kappa shape index (κ1) is 18.6. The summed E-state index contributed by atoms with van der Waals surface area (Å²) >= 11 is 0. The molecule has 2 aliphatic heterocycles. The summed E-state index contributed by atoms with van der Waals surface area (Å²) in [5, 5.41) is 12.3. The predicted octanol–water partition coefficient (Wildman–Crippen LogP) is -0.320. The first-order valence-corrected chi connectivity index (χ1v) is 8.63. The van der Waals surface area contributed by atoms with E-state index in [9.17, 15) is 14.7 Å². The van der Waals surface area contributed by atoms with Crippen LogP contribution in [0.1, 0.15) is 10.4 Å². The number of morpholine rings is 1. The van der Waals surface area contributed by atoms with Crippen LogP contribution in [0.15, 0.2) is 24.3 Å². The summed E-state index contributed by atoms with van der Waals surface area (Å²) in [5.41, 5.74) is 0.0317. The average molecular weight is 363 g/mol. The number of phenols is 1. The van der Waals surface area contributed by atoms with E-state index in [0.29, 0.717) is 45.0 Å². The van der Waals surface area contributed by atoms with Gasteiger partial charge in [-0.3, -0.25) is 14.5 Å². The van der Waals surface area contributed by atoms with Gasteiger partial charge in [-0.2, -0.15) is 0 Å². The molecule has 3 rings (SSSR count). The fourth-order valence-corrected chi connectivity index (χ4v) is 3.47. The Balaban J connectivity index is 1.52. The van der Waals surface area contributed by atoms with Crippen molar-refractivity contribution in [3.05, 3.63) is 29.8 Å². The van der Waals surface area contributed by atoms with Crippen LogP contribution < -0.4 is 5.32 Å². The number of nitrogens with one attached hydrogen (secondary N) is 1. The summed E-state index contributed by atoms with van der Waals surface area (Å²) in [6, 6.07) is 5.98. The molecule has 0 radical (unpaired) electrons. The Morgan fingerprint density at radius 2 is 2.15 bits per heavy atom. The Morgan fingerprint density at radius 3 is 2.81 bits per heavy atom. The summed E-state index contributed by atoms with van der Waals surface area (Å²) in [7, 11) is 3.48. The highest BCUT2D eigenvalue weighted by Gasteiger charge is 2.51. The number of hydrogen-bond acceptors (Lipinski definition) is 6. The van der Waals surface area contributed by atoms with E-state index in [1.54, 1.807) is 24.1 Å². The van der Waals surface area contributed by atoms with Gasteiger partial charge in [-0.25, -0.2) is 0 Å². The second-order valence-corrected chi connectivity index (χ2v) is 6.92. The van der Waals surface area contributed by atoms with Gasteiger partial charge in [0.05, 0.1) is 26.3 Å². The lowest BCUT2D eigenvalue weighted by Crippen LogP contribution is -2.73. The minimum absolute atomic E-state index is 0.0714. The lowest BCUT2D eigenvalue weighted by Gasteiger charge is -2.54. The van der Waals surface area contributed by atoms with E-state index in [1.165, 1.54) is 12.1 Å². The lowest BCUT2D eigenvalue weighted by molar-refractivity contribution is -0.187. The Morgan fingerprint density at radius 1 is 1.38 bits per heavy atom. The lowest BCUT2D eigenvalue weighted by atomic mass is 9.90. The molecular formula is C18H25N3O5. The van der Waals surface area contributed by atoms with Gasteiger partial charge in [0.25, 0.3) is 5.91 Å². The van der Waals surface area contributed by atoms with E-state index in [-0.39, 0.29) is 23.6 Å². The number of rotatable bonds is 5. The number of benzene rings is 1. The van der Waals surface area contributed by atoms with Crippen molar-refractivity contribution in [2.75, 3.05) is 53.6 Å². The summed E-state index contributed by atoms with van der Waals surface area (Å²) in [5.74, 6) is -0.134. The van der Waals surface area contributed by atoms with Crippen molar-refractivity contribution < 1.29 is 24.2 Å². The van der Waals surface area contributed by atoms with E-state index in [4.69, 9.17) is 9.47 Å². The van der Waals surface area contributed by atoms with Crippen molar-refractivity contribution in [2.45, 2.75) is 11.6 Å². The minimum Gasteiger partial charge on any atom is -0.508 e. The summed E-state index contributed by atoms with van der Waals surface area (Å²) in [6.07, 6.45) is 0. The molecule has 26 heavy (non-hydrogen) atoms. The molecule has 1 atom stereocenters. The monoisotopic (exact) mass is 363 g/mol. The Kier molecular flexibility index (Phi) is 5.45. The zero-order chi connectivity index (χ0) is 18.7. The summed E-state index contributed by atoms with van der Waals surface area (Å²) in [6.45, 7) is 2.77. The highest BCUT2D eigenvalue weighted by Crippen LogP contribution is 2.31. The van der Waals surface area contributed by atoms with Gasteiger partial charge in [-0.15, -0.1) is 0 Å². The molecule has 8 heteroatoms. The van der Waals surface area contributed by atoms with Gasteiger partial charge in [0, 0.05) is 25.8 Å². The molecule has 2 N–H and O–H groups in total. The van der Waals surface area contributed by atoms with Gasteiger partial charge in [0.2, 0.25) is 5.91 Å². The maximum absolute atomic E-state index is 12.5. The molecule has 8 nitrogen and oxygen atoms in total. The third kappa shape index (κ3) is 3.82. The van der Waals surface area contributed by atoms with E-state index < -0.39 is 5.60 Å². The van der Waals surface area contributed by atoms with Crippen molar-refractivity contribution in [3.63, 3.8) is 0 Å². The highest BCUT2D eigenvalue weighted by atomic mass is 16.5. The number of phenolic OH excluding ortho intramolecular Hbond substituents is 1. The maximum Gasteiger partial charge on any atom is 0.254 e. The standard InChI is InChI=1S/C18H25N3O5/c1-20-10-18(26-9-15(20)16(23)19-6-7-25-2)11-21(12-18)17(24)13-4-3-5-14(22)8-13/h3-5,8,15,22H,6-7,9-12H2,1-2H3,(H,19,23)/t15-/m0/s1. The zero-order valence-corrected chi connectivity index (χ0v) is 15.1. The average Bonchev–Trinajstić information content (AvgIpc) is 2.59. The van der Waals surface area contributed by atoms with Crippen molar-refractivity contribution in [2.24, 2.45) is 0 Å². The molecule has 2 fully saturated rings. The second-order valence-electron chi connectivity index (χ2n) is 6.92. The highest BCUT2D eigenvalue weighted by molar-refractivity contribution is 5.95. The smallest absolute Gasteiger partial charge is 0.254 e. The number of carbonyl (C=O) groups excluding carboxylic acids is 2. The number of carbonyl (C=O) groups is 2. The van der Waals surface area contributed by atoms with Gasteiger partial charge in [-0.05, 0) is 25.2 Å². The van der Waals surface area contributed by atoms with Gasteiger partial charge in [-0.1, -0.05) is 6.07 Å². The number of ether oxygens (including phenoxy) is 2. The van der Waals surface area contributed by atoms with Crippen LogP contribution in [0.25, 0.3) is 0 Å². The molecule has 2 amide bonds. The van der Waals surface area contributed by atoms with Crippen LogP contribution in [0.3, 0.4) is 0 Å². The molecule has 0 bridgehead atoms. The van der Waals surface area contributed by atoms with Crippen LogP contribution in [0.4, 0.5) is 0 Å². The molecule has 2 saturated heterocycles. The SMILES string of the molecule is COCCNC(=O)[C@@H]1COC2(CN(C(=O)c3cccc(O)c3)C2)CN1C. The van der Waals surface area contributed by atoms with Gasteiger partial charge in [0.1, 0.15) is 17.4 Å². The maximum atomic E-state index is 12.5. The molecule has 1 spiro atoms. The largest absolute Gasteiger partial charge is 0.508 e. The molecular weight excluding hydrogens is 338 g/mol. The van der Waals surface area contributed by atoms with E-state index in [0.717, 1.165) is 0 Å². The van der Waals surface area contributed by atoms with Crippen molar-refractivity contribution in [1.29, 1.82) is 0 Å². The van der Waals surface area contributed by atoms with Crippen molar-refractivity contribution >= 4 is 11.8 Å². The Bertz CT molecular complexity index is 675. The molecule has 0 unspecified atom stereocenters. The minimum atomic E-state index is -0.426. The molecule has 0 aromatic heterocycles. The molecule has 2 heterocycles. The van der Waals surface area contributed by atoms with Gasteiger partial charge < -0.3 is 24.8 Å². The van der Waals surface area contributed by atoms with E-state index >= 15 is 0 Å². The molecule has 1 aromatic rings. The Hall–Kier alpha value is -2.16. The van der Waals surface area contributed by atoms with E-state index in [1.807, 2.05) is 11.9 Å². The number of hydrogen-bond donors (Lipinski definition) is 2. The zero-order valence-electron chi connectivity index (χ0n) is 15.1. The fraction of sp³-hybridized carbons (Fsp3) is 0.556. The first-order chi connectivity index (χ1) is 12.4. The normalized spacial score (nSPS) is 22.1. The molecule has 1 aromatic carbocycles. The van der Waals surface area contributed by atoms with Crippen LogP contribution >= 0.6 is 0 Å². The van der Waals surface area contributed by atoms with Crippen LogP contribution in [0.5, 0.6) is 5.75 Å². The number of methoxy groups -OCH3 is 1. The number of nitrogens with zero attached hydrogens (tertiary/aromatic N) is 2. The van der Waals surface area contributed by atoms with Crippen LogP contribution in [-0.4, -0.2) is 91.9 Å². The molecule has 0 aliphatic carbocycles. The summed E-state index contributed by atoms with van der Waals surface area (Å²) in [4.78, 5) is 28.4. The molecule has 2 aliphatic rings. The fourth-order valence-electron chi connectivity index (χ4n) is 3.47. The number of aromatic hydroxyl groups is 1. The van der Waals surface area contributed by atoms with Gasteiger partial charge >= 0.3 is 0 Å². The van der Waals surface area contributed by atoms with Crippen molar-refractivity contribution in [1.82, 2.24) is 15.1 Å². The third-order valence-corrected chi connectivity index (χ3v) is 4.86. The van der Waals surface area contributed by atoms with E-state index in [2.05, 4.69) is 5.32 Å². The number of likely N-dealkylation sites (tertiary alicyclic amines) is 1. The Labute approximate surface area is 152 Å². The quantitative estimate of drug-likeness (QED) is 0.697. The van der Waals surface area contributed by atoms with Crippen LogP contribution in [0.2, 0.25) is 0 Å². The molecule has 142 valence electrons. The van der Waals surface area contributed by atoms with Crippen LogP contribution in [-0.2, 0) is 14.3 Å². The first-order valence-electron chi connectivity index (χ1n) is 8.63. The van der Waals surface area contributed by atoms with Gasteiger partial charge in [0.15, 0.2) is 0 Å². The predicted molar refractivity (Wildman–Crippen MR) is 94.0 cm³/mol. The molecule has 0 saturated carbocycles. The number of amides is 2.